The Morgan fingerprint density at radius 1 is 1.47 bits per heavy atom. The molecule has 0 spiro atoms. The molecule has 0 aromatic rings. The van der Waals surface area contributed by atoms with Crippen molar-refractivity contribution >= 4 is 10.1 Å². The van der Waals surface area contributed by atoms with Gasteiger partial charge in [0, 0.05) is 10.5 Å². The Bertz CT molecular complexity index is 254. The molecule has 15 heavy (non-hydrogen) atoms. The first-order valence-electron chi connectivity index (χ1n) is 6.29. The van der Waals surface area contributed by atoms with Crippen molar-refractivity contribution in [3.05, 3.63) is 0 Å². The third kappa shape index (κ3) is 3.04. The Morgan fingerprint density at radius 3 is 2.53 bits per heavy atom. The first-order valence-corrected chi connectivity index (χ1v) is 8.25. The number of rotatable bonds is 6. The molecule has 1 rings (SSSR count). The third-order valence-electron chi connectivity index (χ3n) is 4.26. The van der Waals surface area contributed by atoms with Gasteiger partial charge in [-0.15, -0.1) is 0 Å². The molecule has 0 bridgehead atoms. The van der Waals surface area contributed by atoms with Crippen molar-refractivity contribution in [1.29, 1.82) is 0 Å². The van der Waals surface area contributed by atoms with Crippen LogP contribution in [-0.2, 0) is 10.1 Å². The second-order valence-corrected chi connectivity index (χ2v) is 8.64. The summed E-state index contributed by atoms with van der Waals surface area (Å²) >= 11 is 0. The molecule has 0 aromatic heterocycles. The average Bonchev–Trinajstić information content (AvgIpc) is 2.22. The fourth-order valence-electron chi connectivity index (χ4n) is 2.23. The highest BCUT2D eigenvalue weighted by Crippen LogP contribution is 2.40. The Kier molecular flexibility index (Phi) is 4.36. The zero-order valence-corrected chi connectivity index (χ0v) is 11.4. The quantitative estimate of drug-likeness (QED) is 0.537. The molecule has 2 atom stereocenters. The fourth-order valence-corrected chi connectivity index (χ4v) is 4.20. The number of thiol groups is 1. The standard InChI is InChI=1S/C12H27NOS/c1-4-11(2)7-5-6-8-12(3)9-10-15(12,13)14/h11,15H,4-10H2,1-3H3,(H2,13,14). The second-order valence-electron chi connectivity index (χ2n) is 5.53. The number of unbranched alkanes of at least 4 members (excludes halogenated alkanes) is 1. The highest BCUT2D eigenvalue weighted by Gasteiger charge is 2.44. The van der Waals surface area contributed by atoms with Crippen LogP contribution < -0.4 is 5.14 Å². The van der Waals surface area contributed by atoms with Gasteiger partial charge in [0.15, 0.2) is 0 Å². The van der Waals surface area contributed by atoms with Gasteiger partial charge in [0.05, 0.1) is 0 Å². The van der Waals surface area contributed by atoms with Crippen LogP contribution >= 0.6 is 0 Å². The van der Waals surface area contributed by atoms with Crippen molar-refractivity contribution in [3.8, 4) is 0 Å². The molecule has 1 saturated heterocycles. The zero-order chi connectivity index (χ0) is 11.5. The van der Waals surface area contributed by atoms with Crippen LogP contribution in [0.1, 0.15) is 59.3 Å². The summed E-state index contributed by atoms with van der Waals surface area (Å²) in [7, 11) is -2.26. The lowest BCUT2D eigenvalue weighted by molar-refractivity contribution is 0.429. The lowest BCUT2D eigenvalue weighted by atomic mass is 9.95. The largest absolute Gasteiger partial charge is 0.273 e. The van der Waals surface area contributed by atoms with Crippen LogP contribution in [0.15, 0.2) is 0 Å². The molecule has 3 heteroatoms. The topological polar surface area (TPSA) is 43.1 Å². The van der Waals surface area contributed by atoms with Gasteiger partial charge in [-0.2, -0.15) is 0 Å². The average molecular weight is 233 g/mol. The van der Waals surface area contributed by atoms with Gasteiger partial charge in [-0.25, -0.2) is 0 Å². The fraction of sp³-hybridized carbons (Fsp3) is 1.00. The van der Waals surface area contributed by atoms with E-state index in [1.165, 1.54) is 25.7 Å². The number of nitrogens with two attached hydrogens (primary N) is 1. The minimum absolute atomic E-state index is 0.0115. The molecule has 0 saturated carbocycles. The summed E-state index contributed by atoms with van der Waals surface area (Å²) in [4.78, 5) is 0. The van der Waals surface area contributed by atoms with Gasteiger partial charge >= 0.3 is 0 Å². The molecule has 0 aliphatic carbocycles. The predicted molar refractivity (Wildman–Crippen MR) is 69.5 cm³/mol. The van der Waals surface area contributed by atoms with E-state index < -0.39 is 10.1 Å². The molecule has 2 N–H and O–H groups in total. The van der Waals surface area contributed by atoms with Crippen LogP contribution in [0.3, 0.4) is 0 Å². The molecule has 2 unspecified atom stereocenters. The number of hydrogen-bond donors (Lipinski definition) is 2. The van der Waals surface area contributed by atoms with Crippen molar-refractivity contribution < 1.29 is 4.21 Å². The Balaban J connectivity index is 2.18. The summed E-state index contributed by atoms with van der Waals surface area (Å²) in [6, 6.07) is 0. The van der Waals surface area contributed by atoms with Crippen LogP contribution in [-0.4, -0.2) is 14.7 Å². The van der Waals surface area contributed by atoms with Gasteiger partial charge in [0.2, 0.25) is 0 Å². The molecule has 1 fully saturated rings. The van der Waals surface area contributed by atoms with Gasteiger partial charge in [0.25, 0.3) is 0 Å². The maximum absolute atomic E-state index is 11.9. The monoisotopic (exact) mass is 233 g/mol. The Morgan fingerprint density at radius 2 is 2.13 bits per heavy atom. The minimum atomic E-state index is -2.26. The van der Waals surface area contributed by atoms with Crippen LogP contribution in [0.4, 0.5) is 0 Å². The smallest absolute Gasteiger partial charge is 0.0331 e. The summed E-state index contributed by atoms with van der Waals surface area (Å²) < 4.78 is 11.9. The van der Waals surface area contributed by atoms with Gasteiger partial charge < -0.3 is 0 Å². The van der Waals surface area contributed by atoms with E-state index in [-0.39, 0.29) is 4.75 Å². The minimum Gasteiger partial charge on any atom is -0.273 e. The molecular weight excluding hydrogens is 206 g/mol. The van der Waals surface area contributed by atoms with E-state index in [0.29, 0.717) is 0 Å². The molecule has 0 aromatic carbocycles. The van der Waals surface area contributed by atoms with E-state index in [4.69, 9.17) is 5.14 Å². The lowest BCUT2D eigenvalue weighted by Gasteiger charge is -2.49. The molecule has 0 amide bonds. The van der Waals surface area contributed by atoms with Crippen LogP contribution in [0.5, 0.6) is 0 Å². The van der Waals surface area contributed by atoms with Crippen molar-refractivity contribution in [2.24, 2.45) is 11.1 Å². The van der Waals surface area contributed by atoms with Crippen molar-refractivity contribution in [2.45, 2.75) is 64.0 Å². The van der Waals surface area contributed by atoms with Crippen LogP contribution in [0, 0.1) is 5.92 Å². The summed E-state index contributed by atoms with van der Waals surface area (Å²) in [6.45, 7) is 6.66. The predicted octanol–water partition coefficient (Wildman–Crippen LogP) is 2.65. The summed E-state index contributed by atoms with van der Waals surface area (Å²) in [5.74, 6) is 1.61. The van der Waals surface area contributed by atoms with Gasteiger partial charge in [-0.1, -0.05) is 49.6 Å². The Hall–Kier alpha value is 0.110. The molecule has 2 nitrogen and oxygen atoms in total. The SMILES string of the molecule is CCC(C)CCCCC1(C)CC[SH]1(N)=O. The van der Waals surface area contributed by atoms with E-state index in [1.807, 2.05) is 0 Å². The van der Waals surface area contributed by atoms with Crippen LogP contribution in [0.25, 0.3) is 0 Å². The maximum Gasteiger partial charge on any atom is 0.0331 e. The van der Waals surface area contributed by atoms with Crippen LogP contribution in [0.2, 0.25) is 0 Å². The van der Waals surface area contributed by atoms with E-state index in [9.17, 15) is 4.21 Å². The molecule has 92 valence electrons. The molecular formula is C12H27NOS. The zero-order valence-electron chi connectivity index (χ0n) is 10.5. The second kappa shape index (κ2) is 4.96. The van der Waals surface area contributed by atoms with E-state index >= 15 is 0 Å². The number of hydrogen-bond acceptors (Lipinski definition) is 1. The van der Waals surface area contributed by atoms with Crippen molar-refractivity contribution in [2.75, 3.05) is 5.75 Å². The summed E-state index contributed by atoms with van der Waals surface area (Å²) in [5.41, 5.74) is 0. The molecule has 1 heterocycles. The van der Waals surface area contributed by atoms with E-state index in [0.717, 1.165) is 24.5 Å². The van der Waals surface area contributed by atoms with Gasteiger partial charge in [-0.05, 0) is 25.7 Å². The maximum atomic E-state index is 11.9. The van der Waals surface area contributed by atoms with E-state index in [1.54, 1.807) is 0 Å². The summed E-state index contributed by atoms with van der Waals surface area (Å²) in [5, 5.41) is 5.82. The van der Waals surface area contributed by atoms with Gasteiger partial charge in [0.1, 0.15) is 0 Å². The third-order valence-corrected chi connectivity index (χ3v) is 7.42. The van der Waals surface area contributed by atoms with Gasteiger partial charge in [-0.3, -0.25) is 9.35 Å². The van der Waals surface area contributed by atoms with Crippen molar-refractivity contribution in [3.63, 3.8) is 0 Å². The molecule has 1 aliphatic rings. The highest BCUT2D eigenvalue weighted by atomic mass is 32.3. The normalized spacial score (nSPS) is 33.1. The summed E-state index contributed by atoms with van der Waals surface area (Å²) in [6.07, 6.45) is 7.18. The Labute approximate surface area is 95.6 Å². The molecule has 0 radical (unpaired) electrons. The first kappa shape index (κ1) is 13.2. The first-order chi connectivity index (χ1) is 6.91. The highest BCUT2D eigenvalue weighted by molar-refractivity contribution is 8.03. The molecule has 1 aliphatic heterocycles. The van der Waals surface area contributed by atoms with E-state index in [2.05, 4.69) is 20.8 Å². The van der Waals surface area contributed by atoms with Crippen molar-refractivity contribution in [1.82, 2.24) is 0 Å². The lowest BCUT2D eigenvalue weighted by Crippen LogP contribution is -2.58.